The normalized spacial score (nSPS) is 13.5. The molecule has 0 saturated heterocycles. The Hall–Kier alpha value is -0.820. The summed E-state index contributed by atoms with van der Waals surface area (Å²) in [6.07, 6.45) is -0.671. The molecule has 0 aliphatic heterocycles. The molecule has 1 atom stereocenters. The van der Waals surface area contributed by atoms with E-state index in [1.165, 1.54) is 12.1 Å². The molecular formula is C12H19ClN2O3S. The molecule has 0 aliphatic carbocycles. The van der Waals surface area contributed by atoms with Crippen molar-refractivity contribution in [1.29, 1.82) is 0 Å². The maximum atomic E-state index is 12.0. The van der Waals surface area contributed by atoms with Gasteiger partial charge in [-0.2, -0.15) is 0 Å². The Morgan fingerprint density at radius 2 is 2.05 bits per heavy atom. The molecule has 1 aromatic rings. The molecule has 0 amide bonds. The van der Waals surface area contributed by atoms with Crippen LogP contribution < -0.4 is 10.0 Å². The molecule has 0 saturated carbocycles. The van der Waals surface area contributed by atoms with E-state index in [1.54, 1.807) is 26.0 Å². The number of benzene rings is 1. The molecule has 3 N–H and O–H groups in total. The van der Waals surface area contributed by atoms with Gasteiger partial charge in [-0.3, -0.25) is 0 Å². The van der Waals surface area contributed by atoms with Crippen molar-refractivity contribution in [3.05, 3.63) is 24.3 Å². The maximum absolute atomic E-state index is 12.0. The first kappa shape index (κ1) is 16.2. The zero-order valence-electron chi connectivity index (χ0n) is 10.9. The quantitative estimate of drug-likeness (QED) is 0.665. The minimum absolute atomic E-state index is 0.125. The first-order chi connectivity index (χ1) is 8.85. The summed E-state index contributed by atoms with van der Waals surface area (Å²) < 4.78 is 26.5. The summed E-state index contributed by atoms with van der Waals surface area (Å²) in [4.78, 5) is 0.187. The highest BCUT2D eigenvalue weighted by atomic mass is 35.5. The first-order valence-corrected chi connectivity index (χ1v) is 7.97. The lowest BCUT2D eigenvalue weighted by molar-refractivity contribution is 0.211. The highest BCUT2D eigenvalue weighted by Gasteiger charge is 2.15. The Kier molecular flexibility index (Phi) is 6.06. The predicted octanol–water partition coefficient (Wildman–Crippen LogP) is 1.38. The van der Waals surface area contributed by atoms with Gasteiger partial charge in [-0.05, 0) is 32.0 Å². The lowest BCUT2D eigenvalue weighted by Gasteiger charge is -2.13. The number of rotatable bonds is 7. The van der Waals surface area contributed by atoms with Gasteiger partial charge in [0.25, 0.3) is 0 Å². The topological polar surface area (TPSA) is 78.4 Å². The van der Waals surface area contributed by atoms with Gasteiger partial charge in [0.05, 0.1) is 16.9 Å². The Labute approximate surface area is 119 Å². The number of halogens is 1. The first-order valence-electron chi connectivity index (χ1n) is 5.95. The third kappa shape index (κ3) is 5.36. The summed E-state index contributed by atoms with van der Waals surface area (Å²) in [5.74, 6) is 0.125. The van der Waals surface area contributed by atoms with Crippen LogP contribution in [-0.2, 0) is 10.0 Å². The molecule has 0 heterocycles. The van der Waals surface area contributed by atoms with Crippen LogP contribution in [0.25, 0.3) is 0 Å². The van der Waals surface area contributed by atoms with Crippen LogP contribution in [0.2, 0.25) is 0 Å². The summed E-state index contributed by atoms with van der Waals surface area (Å²) in [7, 11) is -3.50. The molecule has 0 aliphatic rings. The molecule has 0 bridgehead atoms. The van der Waals surface area contributed by atoms with Crippen molar-refractivity contribution in [3.8, 4) is 0 Å². The highest BCUT2D eigenvalue weighted by Crippen LogP contribution is 2.15. The average Bonchev–Trinajstić information content (AvgIpc) is 2.34. The number of hydrogen-bond acceptors (Lipinski definition) is 4. The average molecular weight is 307 g/mol. The zero-order chi connectivity index (χ0) is 14.5. The molecule has 0 spiro atoms. The molecule has 19 heavy (non-hydrogen) atoms. The Morgan fingerprint density at radius 3 is 2.63 bits per heavy atom. The maximum Gasteiger partial charge on any atom is 0.240 e. The standard InChI is InChI=1S/C12H19ClN2O3S/c1-9(2)15-19(17,18)12-5-3-4-10(6-12)14-8-11(16)7-13/h3-6,9,11,14-16H,7-8H2,1-2H3. The third-order valence-electron chi connectivity index (χ3n) is 2.26. The second-order valence-electron chi connectivity index (χ2n) is 4.49. The predicted molar refractivity (Wildman–Crippen MR) is 77.1 cm³/mol. The highest BCUT2D eigenvalue weighted by molar-refractivity contribution is 7.89. The molecule has 5 nitrogen and oxygen atoms in total. The van der Waals surface area contributed by atoms with E-state index in [1.807, 2.05) is 0 Å². The molecule has 0 aromatic heterocycles. The van der Waals surface area contributed by atoms with Gasteiger partial charge in [0.2, 0.25) is 10.0 Å². The second-order valence-corrected chi connectivity index (χ2v) is 6.52. The number of alkyl halides is 1. The number of hydrogen-bond donors (Lipinski definition) is 3. The molecule has 108 valence electrons. The van der Waals surface area contributed by atoms with Crippen molar-refractivity contribution in [2.24, 2.45) is 0 Å². The zero-order valence-corrected chi connectivity index (χ0v) is 12.5. The van der Waals surface area contributed by atoms with E-state index in [4.69, 9.17) is 11.6 Å². The Balaban J connectivity index is 2.82. The molecule has 7 heteroatoms. The number of aliphatic hydroxyl groups excluding tert-OH is 1. The van der Waals surface area contributed by atoms with Crippen molar-refractivity contribution >= 4 is 27.3 Å². The van der Waals surface area contributed by atoms with Gasteiger partial charge < -0.3 is 10.4 Å². The summed E-state index contributed by atoms with van der Waals surface area (Å²) in [6.45, 7) is 3.79. The fourth-order valence-corrected chi connectivity index (χ4v) is 2.85. The Bertz CT molecular complexity index is 505. The van der Waals surface area contributed by atoms with Crippen LogP contribution in [0.4, 0.5) is 5.69 Å². The second kappa shape index (κ2) is 7.09. The van der Waals surface area contributed by atoms with Gasteiger partial charge in [-0.1, -0.05) is 6.07 Å². The van der Waals surface area contributed by atoms with Gasteiger partial charge in [-0.15, -0.1) is 11.6 Å². The van der Waals surface area contributed by atoms with Gasteiger partial charge in [0.1, 0.15) is 0 Å². The van der Waals surface area contributed by atoms with E-state index < -0.39 is 16.1 Å². The van der Waals surface area contributed by atoms with Gasteiger partial charge in [-0.25, -0.2) is 13.1 Å². The van der Waals surface area contributed by atoms with Crippen LogP contribution in [0.5, 0.6) is 0 Å². The van der Waals surface area contributed by atoms with Crippen molar-refractivity contribution in [3.63, 3.8) is 0 Å². The number of anilines is 1. The van der Waals surface area contributed by atoms with Gasteiger partial charge in [0.15, 0.2) is 0 Å². The van der Waals surface area contributed by atoms with Crippen molar-refractivity contribution < 1.29 is 13.5 Å². The van der Waals surface area contributed by atoms with Crippen LogP contribution in [0.15, 0.2) is 29.2 Å². The molecule has 0 radical (unpaired) electrons. The number of aliphatic hydroxyl groups is 1. The number of nitrogens with one attached hydrogen (secondary N) is 2. The van der Waals surface area contributed by atoms with Crippen molar-refractivity contribution in [2.75, 3.05) is 17.7 Å². The van der Waals surface area contributed by atoms with Crippen LogP contribution in [0, 0.1) is 0 Å². The third-order valence-corrected chi connectivity index (χ3v) is 4.27. The summed E-state index contributed by atoms with van der Waals surface area (Å²) >= 11 is 5.48. The molecule has 1 rings (SSSR count). The summed E-state index contributed by atoms with van der Waals surface area (Å²) in [5, 5.41) is 12.3. The number of sulfonamides is 1. The molecule has 1 unspecified atom stereocenters. The molecular weight excluding hydrogens is 288 g/mol. The van der Waals surface area contributed by atoms with E-state index >= 15 is 0 Å². The monoisotopic (exact) mass is 306 g/mol. The minimum atomic E-state index is -3.50. The van der Waals surface area contributed by atoms with Crippen LogP contribution >= 0.6 is 11.6 Å². The fourth-order valence-electron chi connectivity index (χ4n) is 1.44. The van der Waals surface area contributed by atoms with Crippen LogP contribution in [-0.4, -0.2) is 38.1 Å². The fraction of sp³-hybridized carbons (Fsp3) is 0.500. The van der Waals surface area contributed by atoms with Crippen molar-refractivity contribution in [1.82, 2.24) is 4.72 Å². The van der Waals surface area contributed by atoms with Gasteiger partial charge in [0, 0.05) is 18.3 Å². The lowest BCUT2D eigenvalue weighted by atomic mass is 10.3. The van der Waals surface area contributed by atoms with E-state index in [-0.39, 0.29) is 23.4 Å². The van der Waals surface area contributed by atoms with Crippen LogP contribution in [0.3, 0.4) is 0 Å². The van der Waals surface area contributed by atoms with E-state index in [0.717, 1.165) is 0 Å². The van der Waals surface area contributed by atoms with E-state index in [9.17, 15) is 13.5 Å². The molecule has 1 aromatic carbocycles. The van der Waals surface area contributed by atoms with Crippen LogP contribution in [0.1, 0.15) is 13.8 Å². The SMILES string of the molecule is CC(C)NS(=O)(=O)c1cccc(NCC(O)CCl)c1. The lowest BCUT2D eigenvalue weighted by Crippen LogP contribution is -2.30. The summed E-state index contributed by atoms with van der Waals surface area (Å²) in [6, 6.07) is 6.25. The smallest absolute Gasteiger partial charge is 0.240 e. The van der Waals surface area contributed by atoms with Gasteiger partial charge >= 0.3 is 0 Å². The Morgan fingerprint density at radius 1 is 1.37 bits per heavy atom. The molecule has 0 fully saturated rings. The summed E-state index contributed by atoms with van der Waals surface area (Å²) in [5.41, 5.74) is 0.621. The minimum Gasteiger partial charge on any atom is -0.390 e. The van der Waals surface area contributed by atoms with E-state index in [0.29, 0.717) is 5.69 Å². The largest absolute Gasteiger partial charge is 0.390 e. The van der Waals surface area contributed by atoms with Crippen molar-refractivity contribution in [2.45, 2.75) is 30.9 Å². The van der Waals surface area contributed by atoms with E-state index in [2.05, 4.69) is 10.0 Å².